The van der Waals surface area contributed by atoms with Gasteiger partial charge in [0, 0.05) is 11.8 Å². The Morgan fingerprint density at radius 1 is 0.586 bits per heavy atom. The third-order valence-electron chi connectivity index (χ3n) is 5.07. The second-order valence-electron chi connectivity index (χ2n) is 6.82. The van der Waals surface area contributed by atoms with Gasteiger partial charge in [0.05, 0.1) is 0 Å². The highest BCUT2D eigenvalue weighted by Gasteiger charge is 2.20. The molecule has 0 bridgehead atoms. The zero-order valence-corrected chi connectivity index (χ0v) is 17.2. The second kappa shape index (κ2) is 8.82. The molecule has 4 aromatic carbocycles. The third kappa shape index (κ3) is 3.94. The van der Waals surface area contributed by atoms with Crippen molar-refractivity contribution in [3.8, 4) is 33.4 Å². The number of alkyl halides is 2. The Morgan fingerprint density at radius 3 is 1.66 bits per heavy atom. The normalized spacial score (nSPS) is 10.9. The lowest BCUT2D eigenvalue weighted by Crippen LogP contribution is -2.00. The van der Waals surface area contributed by atoms with E-state index in [-0.39, 0.29) is 5.82 Å². The van der Waals surface area contributed by atoms with Gasteiger partial charge < -0.3 is 0 Å². The minimum absolute atomic E-state index is 0.261. The maximum absolute atomic E-state index is 13.5. The molecule has 0 aliphatic rings. The molecule has 0 nitrogen and oxygen atoms in total. The summed E-state index contributed by atoms with van der Waals surface area (Å²) in [7, 11) is 0. The van der Waals surface area contributed by atoms with Crippen molar-refractivity contribution >= 4 is 23.2 Å². The van der Waals surface area contributed by atoms with Crippen molar-refractivity contribution in [2.45, 2.75) is 11.8 Å². The van der Waals surface area contributed by atoms with Crippen molar-refractivity contribution < 1.29 is 4.39 Å². The first kappa shape index (κ1) is 19.7. The fourth-order valence-corrected chi connectivity index (χ4v) is 4.26. The number of rotatable bonds is 5. The molecule has 29 heavy (non-hydrogen) atoms. The summed E-state index contributed by atoms with van der Waals surface area (Å²) in [5.74, 6) is 0.433. The molecule has 0 saturated heterocycles. The highest BCUT2D eigenvalue weighted by atomic mass is 35.5. The van der Waals surface area contributed by atoms with Gasteiger partial charge in [0.2, 0.25) is 0 Å². The van der Waals surface area contributed by atoms with E-state index in [4.69, 9.17) is 23.2 Å². The fraction of sp³-hybridized carbons (Fsp3) is 0.0769. The molecular formula is C26H19Cl2F. The summed E-state index contributed by atoms with van der Waals surface area (Å²) in [4.78, 5) is 0. The Balaban J connectivity index is 2.10. The van der Waals surface area contributed by atoms with Gasteiger partial charge >= 0.3 is 0 Å². The lowest BCUT2D eigenvalue weighted by molar-refractivity contribution is 0.628. The van der Waals surface area contributed by atoms with Gasteiger partial charge in [0.25, 0.3) is 0 Å². The van der Waals surface area contributed by atoms with Crippen LogP contribution in [0.1, 0.15) is 11.1 Å². The fourth-order valence-electron chi connectivity index (χ4n) is 3.77. The highest BCUT2D eigenvalue weighted by molar-refractivity contribution is 6.19. The molecule has 3 heteroatoms. The van der Waals surface area contributed by atoms with Gasteiger partial charge in [-0.15, -0.1) is 23.2 Å². The standard InChI is InChI=1S/C26H19Cl2F/c27-16-21-15-23(18-11-13-22(29)14-12-18)24(17-28)26(20-9-5-2-6-10-20)25(21)19-7-3-1-4-8-19/h1-15H,16-17H2. The molecule has 0 radical (unpaired) electrons. The van der Waals surface area contributed by atoms with Crippen LogP contribution in [0.4, 0.5) is 4.39 Å². The lowest BCUT2D eigenvalue weighted by Gasteiger charge is -2.22. The van der Waals surface area contributed by atoms with E-state index in [2.05, 4.69) is 30.3 Å². The summed E-state index contributed by atoms with van der Waals surface area (Å²) in [6.45, 7) is 0. The van der Waals surface area contributed by atoms with Gasteiger partial charge in [0.15, 0.2) is 0 Å². The Labute approximate surface area is 180 Å². The topological polar surface area (TPSA) is 0 Å². The van der Waals surface area contributed by atoms with Crippen LogP contribution in [0.15, 0.2) is 91.0 Å². The van der Waals surface area contributed by atoms with E-state index in [0.29, 0.717) is 11.8 Å². The highest BCUT2D eigenvalue weighted by Crippen LogP contribution is 2.43. The van der Waals surface area contributed by atoms with Crippen molar-refractivity contribution in [1.29, 1.82) is 0 Å². The molecule has 0 spiro atoms. The first-order valence-electron chi connectivity index (χ1n) is 9.40. The van der Waals surface area contributed by atoms with Gasteiger partial charge in [-0.2, -0.15) is 0 Å². The van der Waals surface area contributed by atoms with Crippen molar-refractivity contribution in [2.24, 2.45) is 0 Å². The molecule has 0 aliphatic carbocycles. The maximum Gasteiger partial charge on any atom is 0.123 e. The minimum atomic E-state index is -0.261. The van der Waals surface area contributed by atoms with Crippen LogP contribution in [0.2, 0.25) is 0 Å². The van der Waals surface area contributed by atoms with Crippen LogP contribution < -0.4 is 0 Å². The van der Waals surface area contributed by atoms with E-state index in [1.807, 2.05) is 36.4 Å². The monoisotopic (exact) mass is 420 g/mol. The van der Waals surface area contributed by atoms with Crippen LogP contribution >= 0.6 is 23.2 Å². The SMILES string of the molecule is Fc1ccc(-c2cc(CCl)c(-c3ccccc3)c(-c3ccccc3)c2CCl)cc1. The van der Waals surface area contributed by atoms with Crippen molar-refractivity contribution in [1.82, 2.24) is 0 Å². The van der Waals surface area contributed by atoms with Crippen molar-refractivity contribution in [2.75, 3.05) is 0 Å². The summed E-state index contributed by atoms with van der Waals surface area (Å²) < 4.78 is 13.5. The molecule has 0 fully saturated rings. The smallest absolute Gasteiger partial charge is 0.123 e. The molecular weight excluding hydrogens is 402 g/mol. The van der Waals surface area contributed by atoms with Crippen molar-refractivity contribution in [3.05, 3.63) is 108 Å². The first-order chi connectivity index (χ1) is 14.2. The average molecular weight is 421 g/mol. The Kier molecular flexibility index (Phi) is 5.99. The van der Waals surface area contributed by atoms with Crippen molar-refractivity contribution in [3.63, 3.8) is 0 Å². The third-order valence-corrected chi connectivity index (χ3v) is 5.63. The van der Waals surface area contributed by atoms with Crippen LogP contribution in [0, 0.1) is 5.82 Å². The van der Waals surface area contributed by atoms with E-state index >= 15 is 0 Å². The Morgan fingerprint density at radius 2 is 1.14 bits per heavy atom. The number of hydrogen-bond donors (Lipinski definition) is 0. The summed E-state index contributed by atoms with van der Waals surface area (Å²) >= 11 is 12.9. The second-order valence-corrected chi connectivity index (χ2v) is 7.35. The predicted molar refractivity (Wildman–Crippen MR) is 122 cm³/mol. The molecule has 0 aliphatic heterocycles. The molecule has 0 heterocycles. The molecule has 0 saturated carbocycles. The minimum Gasteiger partial charge on any atom is -0.207 e. The quantitative estimate of drug-likeness (QED) is 0.284. The molecule has 0 N–H and O–H groups in total. The van der Waals surface area contributed by atoms with E-state index in [1.54, 1.807) is 12.1 Å². The molecule has 0 amide bonds. The summed E-state index contributed by atoms with van der Waals surface area (Å²) in [5.41, 5.74) is 8.27. The van der Waals surface area contributed by atoms with Crippen LogP contribution in [0.25, 0.3) is 33.4 Å². The largest absolute Gasteiger partial charge is 0.207 e. The van der Waals surface area contributed by atoms with Gasteiger partial charge in [0.1, 0.15) is 5.82 Å². The number of halogens is 3. The van der Waals surface area contributed by atoms with E-state index in [9.17, 15) is 4.39 Å². The maximum atomic E-state index is 13.5. The Hall–Kier alpha value is -2.61. The van der Waals surface area contributed by atoms with Crippen LogP contribution in [0.3, 0.4) is 0 Å². The van der Waals surface area contributed by atoms with Crippen LogP contribution in [-0.2, 0) is 11.8 Å². The van der Waals surface area contributed by atoms with E-state index in [0.717, 1.165) is 44.5 Å². The van der Waals surface area contributed by atoms with Gasteiger partial charge in [-0.1, -0.05) is 72.8 Å². The molecule has 0 aromatic heterocycles. The summed E-state index contributed by atoms with van der Waals surface area (Å²) in [6.07, 6.45) is 0. The summed E-state index contributed by atoms with van der Waals surface area (Å²) in [6, 6.07) is 29.1. The van der Waals surface area contributed by atoms with E-state index < -0.39 is 0 Å². The summed E-state index contributed by atoms with van der Waals surface area (Å²) in [5, 5.41) is 0. The molecule has 0 atom stereocenters. The molecule has 144 valence electrons. The first-order valence-corrected chi connectivity index (χ1v) is 10.5. The molecule has 4 rings (SSSR count). The molecule has 0 unspecified atom stereocenters. The lowest BCUT2D eigenvalue weighted by atomic mass is 9.83. The van der Waals surface area contributed by atoms with E-state index in [1.165, 1.54) is 12.1 Å². The Bertz CT molecular complexity index is 1110. The van der Waals surface area contributed by atoms with Crippen LogP contribution in [0.5, 0.6) is 0 Å². The number of benzene rings is 4. The zero-order chi connectivity index (χ0) is 20.2. The average Bonchev–Trinajstić information content (AvgIpc) is 2.79. The zero-order valence-electron chi connectivity index (χ0n) is 15.7. The van der Waals surface area contributed by atoms with Gasteiger partial charge in [-0.3, -0.25) is 0 Å². The van der Waals surface area contributed by atoms with Gasteiger partial charge in [-0.25, -0.2) is 4.39 Å². The predicted octanol–water partition coefficient (Wildman–Crippen LogP) is 8.30. The molecule has 4 aromatic rings. The van der Waals surface area contributed by atoms with Crippen LogP contribution in [-0.4, -0.2) is 0 Å². The van der Waals surface area contributed by atoms with Gasteiger partial charge in [-0.05, 0) is 62.7 Å². The number of hydrogen-bond acceptors (Lipinski definition) is 0.